The van der Waals surface area contributed by atoms with Gasteiger partial charge in [0, 0.05) is 30.4 Å². The van der Waals surface area contributed by atoms with Gasteiger partial charge in [-0.15, -0.1) is 0 Å². The number of aryl methyl sites for hydroxylation is 1. The summed E-state index contributed by atoms with van der Waals surface area (Å²) in [5, 5.41) is 12.0. The summed E-state index contributed by atoms with van der Waals surface area (Å²) < 4.78 is 28.1. The largest absolute Gasteiger partial charge is 0.304 e. The molecule has 1 atom stereocenters. The van der Waals surface area contributed by atoms with Crippen molar-refractivity contribution >= 4 is 0 Å². The molecule has 2 heterocycles. The second-order valence-electron chi connectivity index (χ2n) is 6.38. The van der Waals surface area contributed by atoms with E-state index in [9.17, 15) is 8.78 Å². The topological polar surface area (TPSA) is 47.7 Å². The molecular weight excluding hydrogens is 300 g/mol. The van der Waals surface area contributed by atoms with E-state index < -0.39 is 6.43 Å². The van der Waals surface area contributed by atoms with Crippen LogP contribution in [0.1, 0.15) is 55.6 Å². The fraction of sp³-hybridized carbons (Fsp3) is 0.625. The normalized spacial score (nSPS) is 17.9. The molecule has 0 aromatic carbocycles. The van der Waals surface area contributed by atoms with E-state index in [0.29, 0.717) is 12.6 Å². The van der Waals surface area contributed by atoms with Gasteiger partial charge in [-0.2, -0.15) is 10.2 Å². The maximum atomic E-state index is 12.4. The average Bonchev–Trinajstić information content (AvgIpc) is 3.11. The van der Waals surface area contributed by atoms with Gasteiger partial charge in [-0.3, -0.25) is 9.36 Å². The third-order valence-corrected chi connectivity index (χ3v) is 4.24. The number of fused-ring (bicyclic) bond motifs is 1. The Bertz CT molecular complexity index is 647. The van der Waals surface area contributed by atoms with Crippen LogP contribution in [0.5, 0.6) is 0 Å². The fourth-order valence-electron chi connectivity index (χ4n) is 3.21. The monoisotopic (exact) mass is 323 g/mol. The van der Waals surface area contributed by atoms with Crippen LogP contribution in [-0.2, 0) is 19.5 Å². The predicted octanol–water partition coefficient (Wildman–Crippen LogP) is 3.09. The van der Waals surface area contributed by atoms with Gasteiger partial charge >= 0.3 is 0 Å². The molecular formula is C16H23F2N5. The molecule has 0 radical (unpaired) electrons. The summed E-state index contributed by atoms with van der Waals surface area (Å²) in [5.41, 5.74) is 3.51. The lowest BCUT2D eigenvalue weighted by atomic mass is 9.93. The molecule has 5 nitrogen and oxygen atoms in total. The highest BCUT2D eigenvalue weighted by atomic mass is 19.3. The van der Waals surface area contributed by atoms with Gasteiger partial charge in [0.25, 0.3) is 6.43 Å². The number of nitrogens with zero attached hydrogens (tertiary/aromatic N) is 4. The Hall–Kier alpha value is -1.76. The molecule has 3 rings (SSSR count). The first-order valence-corrected chi connectivity index (χ1v) is 8.13. The van der Waals surface area contributed by atoms with Crippen molar-refractivity contribution in [3.8, 4) is 0 Å². The van der Waals surface area contributed by atoms with E-state index in [1.54, 1.807) is 12.4 Å². The third kappa shape index (κ3) is 3.60. The molecule has 0 spiro atoms. The molecule has 2 aromatic heterocycles. The summed E-state index contributed by atoms with van der Waals surface area (Å²) in [6.07, 6.45) is 6.21. The molecule has 0 saturated carbocycles. The van der Waals surface area contributed by atoms with Crippen molar-refractivity contribution in [1.29, 1.82) is 0 Å². The van der Waals surface area contributed by atoms with Gasteiger partial charge < -0.3 is 5.32 Å². The van der Waals surface area contributed by atoms with E-state index in [4.69, 9.17) is 0 Å². The summed E-state index contributed by atoms with van der Waals surface area (Å²) in [6.45, 7) is 4.53. The van der Waals surface area contributed by atoms with Crippen molar-refractivity contribution in [2.45, 2.75) is 64.7 Å². The number of alkyl halides is 2. The van der Waals surface area contributed by atoms with E-state index in [1.807, 2.05) is 6.20 Å². The lowest BCUT2D eigenvalue weighted by Gasteiger charge is -2.26. The minimum atomic E-state index is -2.38. The predicted molar refractivity (Wildman–Crippen MR) is 83.4 cm³/mol. The average molecular weight is 323 g/mol. The van der Waals surface area contributed by atoms with E-state index in [1.165, 1.54) is 15.9 Å². The van der Waals surface area contributed by atoms with Crippen LogP contribution in [0.3, 0.4) is 0 Å². The van der Waals surface area contributed by atoms with Crippen molar-refractivity contribution in [2.24, 2.45) is 0 Å². The van der Waals surface area contributed by atoms with Crippen LogP contribution in [0.25, 0.3) is 0 Å². The Morgan fingerprint density at radius 3 is 2.87 bits per heavy atom. The molecule has 7 heteroatoms. The number of hydrogen-bond acceptors (Lipinski definition) is 3. The minimum Gasteiger partial charge on any atom is -0.304 e. The Morgan fingerprint density at radius 2 is 2.13 bits per heavy atom. The molecule has 1 unspecified atom stereocenters. The molecule has 23 heavy (non-hydrogen) atoms. The summed E-state index contributed by atoms with van der Waals surface area (Å²) in [6, 6.07) is 0.581. The molecule has 2 aromatic rings. The first kappa shape index (κ1) is 16.1. The lowest BCUT2D eigenvalue weighted by Crippen LogP contribution is -2.27. The molecule has 0 amide bonds. The molecule has 0 aliphatic heterocycles. The van der Waals surface area contributed by atoms with Crippen LogP contribution in [0, 0.1) is 0 Å². The third-order valence-electron chi connectivity index (χ3n) is 4.24. The van der Waals surface area contributed by atoms with Crippen molar-refractivity contribution in [1.82, 2.24) is 24.9 Å². The summed E-state index contributed by atoms with van der Waals surface area (Å²) in [4.78, 5) is 0. The smallest absolute Gasteiger partial charge is 0.257 e. The van der Waals surface area contributed by atoms with Gasteiger partial charge in [0.2, 0.25) is 0 Å². The van der Waals surface area contributed by atoms with Crippen molar-refractivity contribution in [3.63, 3.8) is 0 Å². The van der Waals surface area contributed by atoms with E-state index in [0.717, 1.165) is 24.8 Å². The highest BCUT2D eigenvalue weighted by Gasteiger charge is 2.25. The van der Waals surface area contributed by atoms with Gasteiger partial charge in [0.05, 0.1) is 18.1 Å². The maximum Gasteiger partial charge on any atom is 0.257 e. The van der Waals surface area contributed by atoms with Crippen LogP contribution in [-0.4, -0.2) is 26.0 Å². The molecule has 1 aliphatic rings. The molecule has 0 saturated heterocycles. The molecule has 1 aliphatic carbocycles. The van der Waals surface area contributed by atoms with Crippen LogP contribution < -0.4 is 5.32 Å². The quantitative estimate of drug-likeness (QED) is 0.888. The number of aromatic nitrogens is 4. The fourth-order valence-corrected chi connectivity index (χ4v) is 3.21. The van der Waals surface area contributed by atoms with Crippen LogP contribution >= 0.6 is 0 Å². The second-order valence-corrected chi connectivity index (χ2v) is 6.38. The Labute approximate surface area is 134 Å². The standard InChI is InChI=1S/C16H23F2N5/c1-11(2)23-16-13(8-21-23)4-3-5-14(16)19-6-12-7-20-22(9-12)10-15(17)18/h7-9,11,14-15,19H,3-6,10H2,1-2H3. The zero-order valence-electron chi connectivity index (χ0n) is 13.5. The number of hydrogen-bond donors (Lipinski definition) is 1. The zero-order chi connectivity index (χ0) is 16.4. The number of halogens is 2. The van der Waals surface area contributed by atoms with E-state index in [2.05, 4.69) is 34.0 Å². The molecule has 126 valence electrons. The zero-order valence-corrected chi connectivity index (χ0v) is 13.5. The summed E-state index contributed by atoms with van der Waals surface area (Å²) >= 11 is 0. The van der Waals surface area contributed by atoms with Crippen LogP contribution in [0.15, 0.2) is 18.6 Å². The minimum absolute atomic E-state index is 0.252. The first-order chi connectivity index (χ1) is 11.0. The van der Waals surface area contributed by atoms with Crippen LogP contribution in [0.2, 0.25) is 0 Å². The molecule has 0 bridgehead atoms. The SMILES string of the molecule is CC(C)n1ncc2c1C(NCc1cnn(CC(F)F)c1)CCC2. The Balaban J connectivity index is 1.68. The first-order valence-electron chi connectivity index (χ1n) is 8.13. The number of nitrogens with one attached hydrogen (secondary N) is 1. The van der Waals surface area contributed by atoms with Gasteiger partial charge in [0.15, 0.2) is 0 Å². The second kappa shape index (κ2) is 6.78. The van der Waals surface area contributed by atoms with Gasteiger partial charge in [0.1, 0.15) is 6.54 Å². The highest BCUT2D eigenvalue weighted by Crippen LogP contribution is 2.31. The van der Waals surface area contributed by atoms with Gasteiger partial charge in [-0.25, -0.2) is 8.78 Å². The lowest BCUT2D eigenvalue weighted by molar-refractivity contribution is 0.122. The van der Waals surface area contributed by atoms with Gasteiger partial charge in [-0.1, -0.05) is 0 Å². The molecule has 0 fully saturated rings. The van der Waals surface area contributed by atoms with Crippen molar-refractivity contribution < 1.29 is 8.78 Å². The Morgan fingerprint density at radius 1 is 1.30 bits per heavy atom. The summed E-state index contributed by atoms with van der Waals surface area (Å²) in [7, 11) is 0. The highest BCUT2D eigenvalue weighted by molar-refractivity contribution is 5.25. The van der Waals surface area contributed by atoms with E-state index in [-0.39, 0.29) is 12.6 Å². The van der Waals surface area contributed by atoms with Crippen LogP contribution in [0.4, 0.5) is 8.78 Å². The van der Waals surface area contributed by atoms with Crippen molar-refractivity contribution in [3.05, 3.63) is 35.4 Å². The maximum absolute atomic E-state index is 12.4. The van der Waals surface area contributed by atoms with E-state index >= 15 is 0 Å². The van der Waals surface area contributed by atoms with Gasteiger partial charge in [-0.05, 0) is 38.7 Å². The van der Waals surface area contributed by atoms with Crippen molar-refractivity contribution in [2.75, 3.05) is 0 Å². The Kier molecular flexibility index (Phi) is 4.75. The molecule has 1 N–H and O–H groups in total. The summed E-state index contributed by atoms with van der Waals surface area (Å²) in [5.74, 6) is 0. The number of rotatable bonds is 6.